The molecular weight excluding hydrogens is 395 g/mol. The number of benzene rings is 2. The number of rotatable bonds is 10. The van der Waals surface area contributed by atoms with E-state index in [1.165, 1.54) is 6.07 Å². The Bertz CT molecular complexity index is 860. The summed E-state index contributed by atoms with van der Waals surface area (Å²) in [5, 5.41) is 5.31. The van der Waals surface area contributed by atoms with Gasteiger partial charge in [-0.1, -0.05) is 30.3 Å². The van der Waals surface area contributed by atoms with E-state index in [-0.39, 0.29) is 29.8 Å². The van der Waals surface area contributed by atoms with Gasteiger partial charge in [-0.3, -0.25) is 14.4 Å². The maximum atomic E-state index is 13.5. The lowest BCUT2D eigenvalue weighted by molar-refractivity contribution is -0.145. The number of carbonyl (C=O) groups is 3. The predicted molar refractivity (Wildman–Crippen MR) is 111 cm³/mol. The van der Waals surface area contributed by atoms with Gasteiger partial charge in [-0.15, -0.1) is 11.8 Å². The molecule has 6 nitrogen and oxygen atoms in total. The van der Waals surface area contributed by atoms with E-state index < -0.39 is 18.5 Å². The minimum atomic E-state index is -0.581. The van der Waals surface area contributed by atoms with Gasteiger partial charge in [0.1, 0.15) is 5.82 Å². The Morgan fingerprint density at radius 2 is 1.83 bits per heavy atom. The van der Waals surface area contributed by atoms with Crippen LogP contribution < -0.4 is 10.6 Å². The van der Waals surface area contributed by atoms with E-state index >= 15 is 0 Å². The maximum absolute atomic E-state index is 13.5. The SMILES string of the molecule is Cc1cccc(NC(=O)CSCC(=O)OCC(=O)NCCc2ccccc2F)c1. The lowest BCUT2D eigenvalue weighted by Crippen LogP contribution is -2.31. The van der Waals surface area contributed by atoms with Crippen molar-refractivity contribution >= 4 is 35.2 Å². The van der Waals surface area contributed by atoms with Crippen LogP contribution in [0.2, 0.25) is 0 Å². The predicted octanol–water partition coefficient (Wildman–Crippen LogP) is 2.71. The molecule has 2 aromatic carbocycles. The topological polar surface area (TPSA) is 84.5 Å². The molecular formula is C21H23FN2O4S. The average Bonchev–Trinajstić information content (AvgIpc) is 2.68. The first-order chi connectivity index (χ1) is 13.9. The van der Waals surface area contributed by atoms with Crippen molar-refractivity contribution in [3.05, 3.63) is 65.5 Å². The van der Waals surface area contributed by atoms with Gasteiger partial charge in [-0.2, -0.15) is 0 Å². The normalized spacial score (nSPS) is 10.3. The van der Waals surface area contributed by atoms with Crippen molar-refractivity contribution in [3.63, 3.8) is 0 Å². The van der Waals surface area contributed by atoms with Gasteiger partial charge in [0.2, 0.25) is 5.91 Å². The van der Waals surface area contributed by atoms with Gasteiger partial charge in [0.25, 0.3) is 5.91 Å². The average molecular weight is 418 g/mol. The van der Waals surface area contributed by atoms with Crippen molar-refractivity contribution in [3.8, 4) is 0 Å². The van der Waals surface area contributed by atoms with Gasteiger partial charge in [-0.25, -0.2) is 4.39 Å². The third-order valence-corrected chi connectivity index (χ3v) is 4.70. The molecule has 0 aliphatic carbocycles. The molecule has 0 atom stereocenters. The number of anilines is 1. The summed E-state index contributed by atoms with van der Waals surface area (Å²) in [4.78, 5) is 35.2. The number of nitrogens with one attached hydrogen (secondary N) is 2. The van der Waals surface area contributed by atoms with Crippen molar-refractivity contribution in [1.29, 1.82) is 0 Å². The number of esters is 1. The van der Waals surface area contributed by atoms with Gasteiger partial charge in [0.05, 0.1) is 11.5 Å². The third-order valence-electron chi connectivity index (χ3n) is 3.79. The Morgan fingerprint density at radius 3 is 2.59 bits per heavy atom. The molecule has 0 aromatic heterocycles. The van der Waals surface area contributed by atoms with E-state index in [1.807, 2.05) is 25.1 Å². The van der Waals surface area contributed by atoms with Crippen LogP contribution in [0, 0.1) is 12.7 Å². The second kappa shape index (κ2) is 11.9. The largest absolute Gasteiger partial charge is 0.455 e. The Labute approximate surface area is 173 Å². The van der Waals surface area contributed by atoms with Crippen LogP contribution in [-0.4, -0.2) is 42.4 Å². The van der Waals surface area contributed by atoms with Crippen molar-refractivity contribution in [1.82, 2.24) is 5.32 Å². The summed E-state index contributed by atoms with van der Waals surface area (Å²) in [7, 11) is 0. The lowest BCUT2D eigenvalue weighted by Gasteiger charge is -2.08. The second-order valence-electron chi connectivity index (χ2n) is 6.26. The molecule has 0 bridgehead atoms. The molecule has 0 fully saturated rings. The molecule has 0 saturated carbocycles. The number of carbonyl (C=O) groups excluding carboxylic acids is 3. The quantitative estimate of drug-likeness (QED) is 0.580. The number of hydrogen-bond acceptors (Lipinski definition) is 5. The van der Waals surface area contributed by atoms with Gasteiger partial charge in [0.15, 0.2) is 6.61 Å². The number of thioether (sulfide) groups is 1. The van der Waals surface area contributed by atoms with Crippen molar-refractivity contribution in [2.75, 3.05) is 30.0 Å². The molecule has 8 heteroatoms. The van der Waals surface area contributed by atoms with Crippen LogP contribution in [0.25, 0.3) is 0 Å². The Morgan fingerprint density at radius 1 is 1.03 bits per heavy atom. The summed E-state index contributed by atoms with van der Waals surface area (Å²) < 4.78 is 18.3. The first-order valence-corrected chi connectivity index (χ1v) is 10.2. The second-order valence-corrected chi connectivity index (χ2v) is 7.25. The molecule has 154 valence electrons. The first-order valence-electron chi connectivity index (χ1n) is 9.04. The number of amides is 2. The molecule has 0 aliphatic heterocycles. The zero-order valence-electron chi connectivity index (χ0n) is 16.1. The third kappa shape index (κ3) is 8.78. The molecule has 0 saturated heterocycles. The van der Waals surface area contributed by atoms with Crippen LogP contribution in [-0.2, 0) is 25.5 Å². The van der Waals surface area contributed by atoms with Gasteiger partial charge in [0, 0.05) is 12.2 Å². The summed E-state index contributed by atoms with van der Waals surface area (Å²) in [5.74, 6) is -1.53. The first kappa shape index (κ1) is 22.4. The van der Waals surface area contributed by atoms with Gasteiger partial charge < -0.3 is 15.4 Å². The highest BCUT2D eigenvalue weighted by Crippen LogP contribution is 2.10. The van der Waals surface area contributed by atoms with E-state index in [0.29, 0.717) is 17.7 Å². The van der Waals surface area contributed by atoms with Crippen LogP contribution in [0.15, 0.2) is 48.5 Å². The van der Waals surface area contributed by atoms with Crippen LogP contribution in [0.4, 0.5) is 10.1 Å². The van der Waals surface area contributed by atoms with Crippen LogP contribution in [0.5, 0.6) is 0 Å². The fourth-order valence-corrected chi connectivity index (χ4v) is 3.03. The minimum Gasteiger partial charge on any atom is -0.455 e. The molecule has 0 aliphatic rings. The van der Waals surface area contributed by atoms with Crippen LogP contribution in [0.3, 0.4) is 0 Å². The van der Waals surface area contributed by atoms with E-state index in [2.05, 4.69) is 10.6 Å². The summed E-state index contributed by atoms with van der Waals surface area (Å²) in [6.45, 7) is 1.76. The molecule has 2 aromatic rings. The fraction of sp³-hybridized carbons (Fsp3) is 0.286. The Hall–Kier alpha value is -2.87. The molecule has 2 rings (SSSR count). The summed E-state index contributed by atoms with van der Waals surface area (Å²) >= 11 is 1.10. The highest BCUT2D eigenvalue weighted by molar-refractivity contribution is 8.00. The zero-order valence-corrected chi connectivity index (χ0v) is 16.9. The van der Waals surface area contributed by atoms with Crippen molar-refractivity contribution in [2.24, 2.45) is 0 Å². The molecule has 0 heterocycles. The van der Waals surface area contributed by atoms with Crippen molar-refractivity contribution in [2.45, 2.75) is 13.3 Å². The fourth-order valence-electron chi connectivity index (χ4n) is 2.42. The van der Waals surface area contributed by atoms with E-state index in [0.717, 1.165) is 17.3 Å². The molecule has 2 N–H and O–H groups in total. The molecule has 29 heavy (non-hydrogen) atoms. The monoisotopic (exact) mass is 418 g/mol. The maximum Gasteiger partial charge on any atom is 0.316 e. The standard InChI is InChI=1S/C21H23FN2O4S/c1-15-5-4-7-17(11-15)24-20(26)13-29-14-21(27)28-12-19(25)23-10-9-16-6-2-3-8-18(16)22/h2-8,11H,9-10,12-14H2,1H3,(H,23,25)(H,24,26). The Balaban J connectivity index is 1.56. The van der Waals surface area contributed by atoms with Crippen molar-refractivity contribution < 1.29 is 23.5 Å². The van der Waals surface area contributed by atoms with Crippen LogP contribution in [0.1, 0.15) is 11.1 Å². The highest BCUT2D eigenvalue weighted by atomic mass is 32.2. The summed E-state index contributed by atoms with van der Waals surface area (Å²) in [5.41, 5.74) is 2.24. The summed E-state index contributed by atoms with van der Waals surface area (Å²) in [6, 6.07) is 13.7. The number of hydrogen-bond donors (Lipinski definition) is 2. The van der Waals surface area contributed by atoms with Crippen LogP contribution >= 0.6 is 11.8 Å². The smallest absolute Gasteiger partial charge is 0.316 e. The van der Waals surface area contributed by atoms with Gasteiger partial charge >= 0.3 is 5.97 Å². The van der Waals surface area contributed by atoms with Gasteiger partial charge in [-0.05, 0) is 42.7 Å². The highest BCUT2D eigenvalue weighted by Gasteiger charge is 2.10. The minimum absolute atomic E-state index is 0.0380. The van der Waals surface area contributed by atoms with E-state index in [9.17, 15) is 18.8 Å². The van der Waals surface area contributed by atoms with E-state index in [4.69, 9.17) is 4.74 Å². The lowest BCUT2D eigenvalue weighted by atomic mass is 10.1. The molecule has 2 amide bonds. The van der Waals surface area contributed by atoms with E-state index in [1.54, 1.807) is 24.3 Å². The number of ether oxygens (including phenoxy) is 1. The molecule has 0 spiro atoms. The Kier molecular flexibility index (Phi) is 9.17. The molecule has 0 unspecified atom stereocenters. The number of aryl methyl sites for hydroxylation is 1. The summed E-state index contributed by atoms with van der Waals surface area (Å²) in [6.07, 6.45) is 0.345. The zero-order chi connectivity index (χ0) is 21.1. The molecule has 0 radical (unpaired) electrons. The number of halogens is 1.